The number of hydrogen-bond donors (Lipinski definition) is 1. The van der Waals surface area contributed by atoms with E-state index in [2.05, 4.69) is 63.6 Å². The summed E-state index contributed by atoms with van der Waals surface area (Å²) in [6, 6.07) is 18.0. The highest BCUT2D eigenvalue weighted by Crippen LogP contribution is 2.47. The van der Waals surface area contributed by atoms with E-state index in [1.54, 1.807) is 7.11 Å². The lowest BCUT2D eigenvalue weighted by Crippen LogP contribution is -2.65. The van der Waals surface area contributed by atoms with Crippen molar-refractivity contribution < 1.29 is 4.74 Å². The van der Waals surface area contributed by atoms with Gasteiger partial charge in [0.2, 0.25) is 0 Å². The molecule has 1 N–H and O–H groups in total. The SMILES string of the molecule is COc1ccc2c(c1)NC1(CCCN(Cc3ccccc3)C1)C1CCCN21. The van der Waals surface area contributed by atoms with E-state index >= 15 is 0 Å². The largest absolute Gasteiger partial charge is 0.497 e. The van der Waals surface area contributed by atoms with Gasteiger partial charge < -0.3 is 15.0 Å². The van der Waals surface area contributed by atoms with Crippen molar-refractivity contribution in [1.29, 1.82) is 0 Å². The summed E-state index contributed by atoms with van der Waals surface area (Å²) in [5.41, 5.74) is 4.15. The lowest BCUT2D eigenvalue weighted by Gasteiger charge is -2.54. The molecule has 0 amide bonds. The summed E-state index contributed by atoms with van der Waals surface area (Å²) in [5, 5.41) is 4.01. The molecule has 0 radical (unpaired) electrons. The topological polar surface area (TPSA) is 27.7 Å². The minimum Gasteiger partial charge on any atom is -0.497 e. The molecule has 2 atom stereocenters. The average molecular weight is 364 g/mol. The third kappa shape index (κ3) is 2.96. The van der Waals surface area contributed by atoms with Gasteiger partial charge in [0, 0.05) is 25.7 Å². The van der Waals surface area contributed by atoms with Gasteiger partial charge in [0.05, 0.1) is 30.1 Å². The van der Waals surface area contributed by atoms with E-state index in [1.165, 1.54) is 55.7 Å². The Morgan fingerprint density at radius 2 is 2.00 bits per heavy atom. The average Bonchev–Trinajstić information content (AvgIpc) is 3.20. The highest BCUT2D eigenvalue weighted by Gasteiger charge is 2.50. The van der Waals surface area contributed by atoms with Gasteiger partial charge in [0.1, 0.15) is 5.75 Å². The van der Waals surface area contributed by atoms with Crippen molar-refractivity contribution in [3.63, 3.8) is 0 Å². The number of ether oxygens (including phenoxy) is 1. The number of fused-ring (bicyclic) bond motifs is 4. The Kier molecular flexibility index (Phi) is 4.24. The van der Waals surface area contributed by atoms with E-state index in [4.69, 9.17) is 4.74 Å². The predicted octanol–water partition coefficient (Wildman–Crippen LogP) is 4.12. The number of methoxy groups -OCH3 is 1. The molecule has 2 unspecified atom stereocenters. The van der Waals surface area contributed by atoms with Crippen molar-refractivity contribution in [3.8, 4) is 5.75 Å². The zero-order chi connectivity index (χ0) is 18.3. The zero-order valence-corrected chi connectivity index (χ0v) is 16.2. The fourth-order valence-electron chi connectivity index (χ4n) is 5.50. The number of nitrogens with one attached hydrogen (secondary N) is 1. The minimum atomic E-state index is 0.142. The summed E-state index contributed by atoms with van der Waals surface area (Å²) in [5.74, 6) is 0.936. The molecule has 27 heavy (non-hydrogen) atoms. The molecular weight excluding hydrogens is 334 g/mol. The summed E-state index contributed by atoms with van der Waals surface area (Å²) >= 11 is 0. The van der Waals surface area contributed by atoms with Gasteiger partial charge in [-0.3, -0.25) is 4.90 Å². The van der Waals surface area contributed by atoms with Crippen LogP contribution in [0.3, 0.4) is 0 Å². The van der Waals surface area contributed by atoms with E-state index < -0.39 is 0 Å². The van der Waals surface area contributed by atoms with Gasteiger partial charge in [-0.2, -0.15) is 0 Å². The maximum absolute atomic E-state index is 5.50. The fourth-order valence-corrected chi connectivity index (χ4v) is 5.50. The van der Waals surface area contributed by atoms with Crippen molar-refractivity contribution in [2.75, 3.05) is 37.0 Å². The van der Waals surface area contributed by atoms with Crippen molar-refractivity contribution in [2.24, 2.45) is 0 Å². The third-order valence-electron chi connectivity index (χ3n) is 6.64. The summed E-state index contributed by atoms with van der Waals surface area (Å²) in [7, 11) is 1.75. The summed E-state index contributed by atoms with van der Waals surface area (Å²) in [4.78, 5) is 5.31. The first-order valence-corrected chi connectivity index (χ1v) is 10.3. The second-order valence-corrected chi connectivity index (χ2v) is 8.32. The van der Waals surface area contributed by atoms with Crippen molar-refractivity contribution in [1.82, 2.24) is 4.90 Å². The minimum absolute atomic E-state index is 0.142. The molecule has 4 heteroatoms. The molecule has 5 rings (SSSR count). The van der Waals surface area contributed by atoms with Gasteiger partial charge >= 0.3 is 0 Å². The molecule has 3 aliphatic rings. The smallest absolute Gasteiger partial charge is 0.121 e. The maximum atomic E-state index is 5.50. The highest BCUT2D eigenvalue weighted by atomic mass is 16.5. The molecule has 2 fully saturated rings. The van der Waals surface area contributed by atoms with Gasteiger partial charge in [0.15, 0.2) is 0 Å². The molecule has 1 spiro atoms. The predicted molar refractivity (Wildman–Crippen MR) is 111 cm³/mol. The van der Waals surface area contributed by atoms with E-state index in [-0.39, 0.29) is 5.54 Å². The second-order valence-electron chi connectivity index (χ2n) is 8.32. The number of hydrogen-bond acceptors (Lipinski definition) is 4. The Morgan fingerprint density at radius 1 is 1.11 bits per heavy atom. The Hall–Kier alpha value is -2.20. The van der Waals surface area contributed by atoms with E-state index in [1.807, 2.05) is 0 Å². The van der Waals surface area contributed by atoms with Crippen molar-refractivity contribution in [3.05, 3.63) is 54.1 Å². The number of nitrogens with zero attached hydrogens (tertiary/aromatic N) is 2. The molecule has 0 aromatic heterocycles. The van der Waals surface area contributed by atoms with Gasteiger partial charge in [-0.05, 0) is 49.9 Å². The van der Waals surface area contributed by atoms with Crippen LogP contribution in [0.4, 0.5) is 11.4 Å². The van der Waals surface area contributed by atoms with Gasteiger partial charge in [0.25, 0.3) is 0 Å². The third-order valence-corrected chi connectivity index (χ3v) is 6.64. The molecule has 0 aliphatic carbocycles. The summed E-state index contributed by atoms with van der Waals surface area (Å²) in [6.45, 7) is 4.52. The second kappa shape index (κ2) is 6.75. The molecule has 2 aromatic carbocycles. The summed E-state index contributed by atoms with van der Waals surface area (Å²) < 4.78 is 5.50. The first-order valence-electron chi connectivity index (χ1n) is 10.3. The maximum Gasteiger partial charge on any atom is 0.121 e. The van der Waals surface area contributed by atoms with E-state index in [0.717, 1.165) is 18.8 Å². The van der Waals surface area contributed by atoms with Crippen LogP contribution in [-0.2, 0) is 6.54 Å². The van der Waals surface area contributed by atoms with Gasteiger partial charge in [-0.25, -0.2) is 0 Å². The molecular formula is C23H29N3O. The van der Waals surface area contributed by atoms with Crippen LogP contribution >= 0.6 is 0 Å². The number of rotatable bonds is 3. The van der Waals surface area contributed by atoms with Crippen LogP contribution < -0.4 is 15.0 Å². The Labute approximate surface area is 162 Å². The lowest BCUT2D eigenvalue weighted by atomic mass is 9.78. The van der Waals surface area contributed by atoms with Crippen LogP contribution in [0.1, 0.15) is 31.2 Å². The van der Waals surface area contributed by atoms with Crippen LogP contribution in [0.2, 0.25) is 0 Å². The van der Waals surface area contributed by atoms with Crippen LogP contribution in [-0.4, -0.2) is 43.2 Å². The highest BCUT2D eigenvalue weighted by molar-refractivity contribution is 5.77. The normalized spacial score (nSPS) is 27.1. The first-order chi connectivity index (χ1) is 13.3. The fraction of sp³-hybridized carbons (Fsp3) is 0.478. The molecule has 142 valence electrons. The molecule has 4 nitrogen and oxygen atoms in total. The van der Waals surface area contributed by atoms with Crippen LogP contribution in [0.25, 0.3) is 0 Å². The number of piperidine rings is 1. The zero-order valence-electron chi connectivity index (χ0n) is 16.2. The molecule has 2 saturated heterocycles. The van der Waals surface area contributed by atoms with E-state index in [0.29, 0.717) is 6.04 Å². The van der Waals surface area contributed by atoms with Crippen molar-refractivity contribution >= 4 is 11.4 Å². The molecule has 0 bridgehead atoms. The quantitative estimate of drug-likeness (QED) is 0.888. The monoisotopic (exact) mass is 363 g/mol. The Balaban J connectivity index is 1.45. The molecule has 0 saturated carbocycles. The number of anilines is 2. The number of likely N-dealkylation sites (tertiary alicyclic amines) is 1. The first kappa shape index (κ1) is 16.9. The van der Waals surface area contributed by atoms with Crippen LogP contribution in [0, 0.1) is 0 Å². The van der Waals surface area contributed by atoms with Gasteiger partial charge in [-0.1, -0.05) is 30.3 Å². The van der Waals surface area contributed by atoms with E-state index in [9.17, 15) is 0 Å². The Bertz CT molecular complexity index is 809. The van der Waals surface area contributed by atoms with Crippen LogP contribution in [0.5, 0.6) is 5.75 Å². The lowest BCUT2D eigenvalue weighted by molar-refractivity contribution is 0.135. The molecule has 3 heterocycles. The molecule has 2 aromatic rings. The Morgan fingerprint density at radius 3 is 2.85 bits per heavy atom. The number of benzene rings is 2. The van der Waals surface area contributed by atoms with Gasteiger partial charge in [-0.15, -0.1) is 0 Å². The van der Waals surface area contributed by atoms with Crippen LogP contribution in [0.15, 0.2) is 48.5 Å². The summed E-state index contributed by atoms with van der Waals surface area (Å²) in [6.07, 6.45) is 5.08. The standard InChI is InChI=1S/C23H29N3O/c1-27-19-10-11-21-20(15-19)24-23(22-9-5-14-26(21)22)12-6-13-25(17-23)16-18-7-3-2-4-8-18/h2-4,7-8,10-11,15,22,24H,5-6,9,12-14,16-17H2,1H3. The molecule has 3 aliphatic heterocycles. The van der Waals surface area contributed by atoms with Crippen molar-refractivity contribution in [2.45, 2.75) is 43.8 Å².